The predicted octanol–water partition coefficient (Wildman–Crippen LogP) is -0.711. The number of aliphatic hydroxyl groups is 3. The third-order valence-electron chi connectivity index (χ3n) is 1.59. The van der Waals surface area contributed by atoms with Crippen LogP contribution in [0.3, 0.4) is 0 Å². The van der Waals surface area contributed by atoms with Crippen LogP contribution in [-0.2, 0) is 4.79 Å². The molecule has 60 valence electrons. The molecule has 2 unspecified atom stereocenters. The van der Waals surface area contributed by atoms with Crippen molar-refractivity contribution < 1.29 is 20.1 Å². The van der Waals surface area contributed by atoms with Crippen LogP contribution in [-0.4, -0.2) is 33.3 Å². The summed E-state index contributed by atoms with van der Waals surface area (Å²) < 4.78 is 0. The van der Waals surface area contributed by atoms with Crippen molar-refractivity contribution in [1.82, 2.24) is 0 Å². The van der Waals surface area contributed by atoms with Gasteiger partial charge in [0, 0.05) is 0 Å². The third kappa shape index (κ3) is 1.06. The van der Waals surface area contributed by atoms with Crippen LogP contribution in [0.5, 0.6) is 0 Å². The molecule has 0 saturated carbocycles. The molecular weight excluding hydrogens is 148 g/mol. The van der Waals surface area contributed by atoms with Crippen LogP contribution in [0.25, 0.3) is 0 Å². The lowest BCUT2D eigenvalue weighted by Gasteiger charge is -2.26. The summed E-state index contributed by atoms with van der Waals surface area (Å²) in [6.07, 6.45) is 2.46. The highest BCUT2D eigenvalue weighted by Gasteiger charge is 2.39. The van der Waals surface area contributed by atoms with Gasteiger partial charge in [0.1, 0.15) is 11.9 Å². The standard InChI is InChI=1S/C7H8O4/c8-4-7(11)5(9)2-1-3-6(7)10/h1-5,9-11H. The van der Waals surface area contributed by atoms with E-state index in [1.165, 1.54) is 12.2 Å². The molecule has 1 aliphatic rings. The van der Waals surface area contributed by atoms with E-state index < -0.39 is 17.5 Å². The molecule has 0 aromatic rings. The van der Waals surface area contributed by atoms with Crippen molar-refractivity contribution in [3.05, 3.63) is 24.0 Å². The lowest BCUT2D eigenvalue weighted by molar-refractivity contribution is -0.131. The highest BCUT2D eigenvalue weighted by molar-refractivity contribution is 5.70. The van der Waals surface area contributed by atoms with Crippen molar-refractivity contribution in [3.63, 3.8) is 0 Å². The van der Waals surface area contributed by atoms with Gasteiger partial charge >= 0.3 is 0 Å². The normalized spacial score (nSPS) is 36.5. The highest BCUT2D eigenvalue weighted by atomic mass is 16.4. The molecule has 4 nitrogen and oxygen atoms in total. The Morgan fingerprint density at radius 3 is 2.64 bits per heavy atom. The molecule has 4 heteroatoms. The maximum Gasteiger partial charge on any atom is 0.206 e. The summed E-state index contributed by atoms with van der Waals surface area (Å²) in [6, 6.07) is 0. The van der Waals surface area contributed by atoms with Gasteiger partial charge in [-0.15, -0.1) is 0 Å². The SMILES string of the molecule is O=CC1(O)C(O)=CC=CC1O. The molecule has 11 heavy (non-hydrogen) atoms. The minimum absolute atomic E-state index is 0.104. The van der Waals surface area contributed by atoms with Crippen LogP contribution in [0, 0.1) is 0 Å². The Labute approximate surface area is 63.1 Å². The van der Waals surface area contributed by atoms with E-state index in [0.717, 1.165) is 6.08 Å². The molecule has 0 aromatic carbocycles. The van der Waals surface area contributed by atoms with Gasteiger partial charge in [-0.2, -0.15) is 0 Å². The van der Waals surface area contributed by atoms with Crippen molar-refractivity contribution in [2.75, 3.05) is 0 Å². The number of allylic oxidation sites excluding steroid dienone is 2. The first-order chi connectivity index (χ1) is 5.11. The minimum Gasteiger partial charge on any atom is -0.509 e. The van der Waals surface area contributed by atoms with Crippen molar-refractivity contribution in [2.24, 2.45) is 0 Å². The largest absolute Gasteiger partial charge is 0.509 e. The molecule has 0 saturated heterocycles. The predicted molar refractivity (Wildman–Crippen MR) is 36.9 cm³/mol. The van der Waals surface area contributed by atoms with E-state index in [2.05, 4.69) is 0 Å². The van der Waals surface area contributed by atoms with Gasteiger partial charge in [-0.25, -0.2) is 0 Å². The molecule has 0 fully saturated rings. The molecule has 0 spiro atoms. The molecule has 1 rings (SSSR count). The zero-order valence-corrected chi connectivity index (χ0v) is 5.64. The summed E-state index contributed by atoms with van der Waals surface area (Å²) >= 11 is 0. The molecule has 0 bridgehead atoms. The number of aldehydes is 1. The zero-order valence-electron chi connectivity index (χ0n) is 5.64. The average Bonchev–Trinajstić information content (AvgIpc) is 2.00. The Kier molecular flexibility index (Phi) is 1.80. The molecule has 2 atom stereocenters. The first-order valence-corrected chi connectivity index (χ1v) is 3.06. The molecule has 3 N–H and O–H groups in total. The fraction of sp³-hybridized carbons (Fsp3) is 0.286. The maximum absolute atomic E-state index is 10.3. The topological polar surface area (TPSA) is 77.8 Å². The van der Waals surface area contributed by atoms with Crippen molar-refractivity contribution in [3.8, 4) is 0 Å². The summed E-state index contributed by atoms with van der Waals surface area (Å²) in [6.45, 7) is 0. The van der Waals surface area contributed by atoms with Gasteiger partial charge in [0.25, 0.3) is 0 Å². The Morgan fingerprint density at radius 2 is 2.27 bits per heavy atom. The second-order valence-electron chi connectivity index (χ2n) is 2.32. The van der Waals surface area contributed by atoms with Crippen LogP contribution >= 0.6 is 0 Å². The molecule has 0 aromatic heterocycles. The van der Waals surface area contributed by atoms with E-state index in [1.54, 1.807) is 0 Å². The summed E-state index contributed by atoms with van der Waals surface area (Å²) in [7, 11) is 0. The Bertz CT molecular complexity index is 231. The van der Waals surface area contributed by atoms with E-state index in [9.17, 15) is 9.90 Å². The molecule has 0 aliphatic heterocycles. The van der Waals surface area contributed by atoms with Crippen molar-refractivity contribution in [1.29, 1.82) is 0 Å². The first-order valence-electron chi connectivity index (χ1n) is 3.06. The van der Waals surface area contributed by atoms with Gasteiger partial charge in [-0.1, -0.05) is 12.2 Å². The van der Waals surface area contributed by atoms with E-state index in [-0.39, 0.29) is 6.29 Å². The molecule has 0 amide bonds. The second kappa shape index (κ2) is 2.48. The molecule has 0 heterocycles. The number of hydrogen-bond donors (Lipinski definition) is 3. The summed E-state index contributed by atoms with van der Waals surface area (Å²) in [5.41, 5.74) is -2.16. The quantitative estimate of drug-likeness (QED) is 0.438. The molecule has 0 radical (unpaired) electrons. The van der Waals surface area contributed by atoms with Gasteiger partial charge in [-0.05, 0) is 6.08 Å². The van der Waals surface area contributed by atoms with E-state index >= 15 is 0 Å². The van der Waals surface area contributed by atoms with Crippen molar-refractivity contribution in [2.45, 2.75) is 11.7 Å². The first kappa shape index (κ1) is 7.97. The van der Waals surface area contributed by atoms with Gasteiger partial charge in [-0.3, -0.25) is 4.79 Å². The number of carbonyl (C=O) groups excluding carboxylic acids is 1. The van der Waals surface area contributed by atoms with E-state index in [4.69, 9.17) is 10.2 Å². The number of hydrogen-bond acceptors (Lipinski definition) is 4. The Morgan fingerprint density at radius 1 is 1.64 bits per heavy atom. The fourth-order valence-corrected chi connectivity index (χ4v) is 0.814. The van der Waals surface area contributed by atoms with Crippen LogP contribution in [0.1, 0.15) is 0 Å². The minimum atomic E-state index is -2.16. The van der Waals surface area contributed by atoms with Gasteiger partial charge < -0.3 is 15.3 Å². The van der Waals surface area contributed by atoms with Crippen LogP contribution in [0.15, 0.2) is 24.0 Å². The van der Waals surface area contributed by atoms with Crippen LogP contribution in [0.4, 0.5) is 0 Å². The van der Waals surface area contributed by atoms with E-state index in [0.29, 0.717) is 0 Å². The van der Waals surface area contributed by atoms with E-state index in [1.807, 2.05) is 0 Å². The monoisotopic (exact) mass is 156 g/mol. The lowest BCUT2D eigenvalue weighted by atomic mass is 9.92. The third-order valence-corrected chi connectivity index (χ3v) is 1.59. The molecule has 1 aliphatic carbocycles. The van der Waals surface area contributed by atoms with Gasteiger partial charge in [0.05, 0.1) is 0 Å². The average molecular weight is 156 g/mol. The fourth-order valence-electron chi connectivity index (χ4n) is 0.814. The lowest BCUT2D eigenvalue weighted by Crippen LogP contribution is -2.45. The number of rotatable bonds is 1. The highest BCUT2D eigenvalue weighted by Crippen LogP contribution is 2.21. The zero-order chi connectivity index (χ0) is 8.48. The van der Waals surface area contributed by atoms with Gasteiger partial charge in [0.15, 0.2) is 6.29 Å². The Balaban J connectivity index is 3.03. The summed E-state index contributed by atoms with van der Waals surface area (Å²) in [4.78, 5) is 10.3. The van der Waals surface area contributed by atoms with Gasteiger partial charge in [0.2, 0.25) is 5.60 Å². The van der Waals surface area contributed by atoms with Crippen LogP contribution in [0.2, 0.25) is 0 Å². The van der Waals surface area contributed by atoms with Crippen LogP contribution < -0.4 is 0 Å². The number of carbonyl (C=O) groups is 1. The maximum atomic E-state index is 10.3. The number of aliphatic hydroxyl groups excluding tert-OH is 2. The van der Waals surface area contributed by atoms with Crippen molar-refractivity contribution >= 4 is 6.29 Å². The smallest absolute Gasteiger partial charge is 0.206 e. The summed E-state index contributed by atoms with van der Waals surface area (Å²) in [5, 5.41) is 27.2. The Hall–Kier alpha value is -1.13. The second-order valence-corrected chi connectivity index (χ2v) is 2.32. The summed E-state index contributed by atoms with van der Waals surface area (Å²) in [5.74, 6) is -0.539. The molecular formula is C7H8O4.